The Morgan fingerprint density at radius 3 is 2.45 bits per heavy atom. The lowest BCUT2D eigenvalue weighted by molar-refractivity contribution is -0.118. The van der Waals surface area contributed by atoms with Crippen molar-refractivity contribution < 1.29 is 4.79 Å². The van der Waals surface area contributed by atoms with E-state index in [1.54, 1.807) is 12.4 Å². The highest BCUT2D eigenvalue weighted by molar-refractivity contribution is 5.91. The van der Waals surface area contributed by atoms with Crippen LogP contribution in [-0.2, 0) is 4.79 Å². The zero-order valence-electron chi connectivity index (χ0n) is 11.1. The first kappa shape index (κ1) is 12.8. The van der Waals surface area contributed by atoms with E-state index in [0.717, 1.165) is 30.6 Å². The van der Waals surface area contributed by atoms with Gasteiger partial charge < -0.3 is 11.1 Å². The maximum absolute atomic E-state index is 11.9. The van der Waals surface area contributed by atoms with Gasteiger partial charge in [-0.15, -0.1) is 0 Å². The van der Waals surface area contributed by atoms with Crippen molar-refractivity contribution in [3.8, 4) is 5.69 Å². The molecule has 0 spiro atoms. The number of nitrogens with one attached hydrogen (secondary N) is 1. The van der Waals surface area contributed by atoms with Crippen molar-refractivity contribution in [3.05, 3.63) is 36.7 Å². The molecule has 2 aromatic rings. The maximum Gasteiger partial charge on any atom is 0.226 e. The number of amides is 1. The molecule has 3 rings (SSSR count). The van der Waals surface area contributed by atoms with Gasteiger partial charge in [0.05, 0.1) is 18.1 Å². The second-order valence-corrected chi connectivity index (χ2v) is 5.31. The van der Waals surface area contributed by atoms with Gasteiger partial charge in [-0.1, -0.05) is 0 Å². The molecule has 1 aromatic heterocycles. The van der Waals surface area contributed by atoms with Gasteiger partial charge in [0.15, 0.2) is 0 Å². The highest BCUT2D eigenvalue weighted by atomic mass is 16.1. The van der Waals surface area contributed by atoms with E-state index in [-0.39, 0.29) is 11.4 Å². The molecule has 104 valence electrons. The van der Waals surface area contributed by atoms with Crippen molar-refractivity contribution in [2.45, 2.75) is 31.2 Å². The van der Waals surface area contributed by atoms with Crippen LogP contribution in [-0.4, -0.2) is 26.4 Å². The molecule has 6 nitrogen and oxygen atoms in total. The van der Waals surface area contributed by atoms with E-state index in [2.05, 4.69) is 15.5 Å². The number of benzene rings is 1. The Bertz CT molecular complexity index is 587. The first-order chi connectivity index (χ1) is 9.65. The molecule has 0 aliphatic heterocycles. The fraction of sp³-hybridized carbons (Fsp3) is 0.357. The standard InChI is InChI=1S/C14H17N5O/c15-14(6-1-7-14)10-13(20)18-11-2-4-12(5-3-11)19-16-8-9-17-19/h2-5,8-9H,1,6-7,10,15H2,(H,18,20). The molecular weight excluding hydrogens is 254 g/mol. The number of hydrogen-bond acceptors (Lipinski definition) is 4. The summed E-state index contributed by atoms with van der Waals surface area (Å²) in [6.45, 7) is 0. The van der Waals surface area contributed by atoms with Gasteiger partial charge in [0, 0.05) is 17.6 Å². The molecule has 1 amide bonds. The largest absolute Gasteiger partial charge is 0.326 e. The summed E-state index contributed by atoms with van der Waals surface area (Å²) in [6.07, 6.45) is 6.61. The molecule has 3 N–H and O–H groups in total. The normalized spacial score (nSPS) is 16.4. The summed E-state index contributed by atoms with van der Waals surface area (Å²) in [6, 6.07) is 7.38. The van der Waals surface area contributed by atoms with Crippen LogP contribution < -0.4 is 11.1 Å². The Labute approximate surface area is 117 Å². The molecule has 1 saturated carbocycles. The molecule has 1 fully saturated rings. The first-order valence-corrected chi connectivity index (χ1v) is 6.70. The summed E-state index contributed by atoms with van der Waals surface area (Å²) in [5.41, 5.74) is 7.38. The molecule has 0 atom stereocenters. The van der Waals surface area contributed by atoms with Gasteiger partial charge in [-0.25, -0.2) is 0 Å². The average molecular weight is 271 g/mol. The number of carbonyl (C=O) groups is 1. The number of nitrogens with two attached hydrogens (primary N) is 1. The summed E-state index contributed by atoms with van der Waals surface area (Å²) in [7, 11) is 0. The summed E-state index contributed by atoms with van der Waals surface area (Å²) in [5, 5.41) is 11.0. The average Bonchev–Trinajstić information content (AvgIpc) is 2.91. The highest BCUT2D eigenvalue weighted by Crippen LogP contribution is 2.32. The summed E-state index contributed by atoms with van der Waals surface area (Å²) < 4.78 is 0. The molecule has 0 unspecified atom stereocenters. The molecule has 1 aromatic carbocycles. The first-order valence-electron chi connectivity index (χ1n) is 6.70. The zero-order valence-corrected chi connectivity index (χ0v) is 11.1. The molecule has 0 radical (unpaired) electrons. The highest BCUT2D eigenvalue weighted by Gasteiger charge is 2.34. The third-order valence-electron chi connectivity index (χ3n) is 3.66. The van der Waals surface area contributed by atoms with Gasteiger partial charge in [0.1, 0.15) is 0 Å². The van der Waals surface area contributed by atoms with Crippen LogP contribution in [0.2, 0.25) is 0 Å². The van der Waals surface area contributed by atoms with E-state index in [1.807, 2.05) is 24.3 Å². The number of aromatic nitrogens is 3. The number of nitrogens with zero attached hydrogens (tertiary/aromatic N) is 3. The number of anilines is 1. The smallest absolute Gasteiger partial charge is 0.226 e. The van der Waals surface area contributed by atoms with Gasteiger partial charge in [-0.2, -0.15) is 15.0 Å². The summed E-state index contributed by atoms with van der Waals surface area (Å²) >= 11 is 0. The molecule has 1 aliphatic carbocycles. The van der Waals surface area contributed by atoms with E-state index in [0.29, 0.717) is 6.42 Å². The second-order valence-electron chi connectivity index (χ2n) is 5.31. The van der Waals surface area contributed by atoms with Crippen molar-refractivity contribution >= 4 is 11.6 Å². The molecule has 20 heavy (non-hydrogen) atoms. The maximum atomic E-state index is 11.9. The molecule has 0 saturated heterocycles. The minimum absolute atomic E-state index is 0.0304. The second kappa shape index (κ2) is 5.05. The molecule has 6 heteroatoms. The SMILES string of the molecule is NC1(CC(=O)Nc2ccc(-n3nccn3)cc2)CCC1. The van der Waals surface area contributed by atoms with E-state index in [4.69, 9.17) is 5.73 Å². The van der Waals surface area contributed by atoms with E-state index >= 15 is 0 Å². The van der Waals surface area contributed by atoms with Crippen LogP contribution in [0.1, 0.15) is 25.7 Å². The van der Waals surface area contributed by atoms with E-state index in [9.17, 15) is 4.79 Å². The zero-order chi connectivity index (χ0) is 14.0. The van der Waals surface area contributed by atoms with Crippen LogP contribution in [0, 0.1) is 0 Å². The van der Waals surface area contributed by atoms with Crippen molar-refractivity contribution in [2.75, 3.05) is 5.32 Å². The predicted molar refractivity (Wildman–Crippen MR) is 75.4 cm³/mol. The Hall–Kier alpha value is -2.21. The van der Waals surface area contributed by atoms with Gasteiger partial charge in [-0.05, 0) is 43.5 Å². The van der Waals surface area contributed by atoms with Gasteiger partial charge in [0.25, 0.3) is 0 Å². The quantitative estimate of drug-likeness (QED) is 0.882. The van der Waals surface area contributed by atoms with Crippen molar-refractivity contribution in [1.82, 2.24) is 15.0 Å². The Balaban J connectivity index is 1.62. The minimum Gasteiger partial charge on any atom is -0.326 e. The summed E-state index contributed by atoms with van der Waals surface area (Å²) in [5.74, 6) is -0.0304. The van der Waals surface area contributed by atoms with Crippen LogP contribution >= 0.6 is 0 Å². The topological polar surface area (TPSA) is 85.8 Å². The Morgan fingerprint density at radius 2 is 1.90 bits per heavy atom. The predicted octanol–water partition coefficient (Wildman–Crippen LogP) is 1.48. The van der Waals surface area contributed by atoms with Crippen molar-refractivity contribution in [2.24, 2.45) is 5.73 Å². The van der Waals surface area contributed by atoms with Gasteiger partial charge in [0.2, 0.25) is 5.91 Å². The molecule has 0 bridgehead atoms. The molecule has 1 heterocycles. The Kier molecular flexibility index (Phi) is 3.23. The van der Waals surface area contributed by atoms with Crippen molar-refractivity contribution in [3.63, 3.8) is 0 Å². The Morgan fingerprint density at radius 1 is 1.25 bits per heavy atom. The lowest BCUT2D eigenvalue weighted by atomic mass is 9.75. The van der Waals surface area contributed by atoms with E-state index < -0.39 is 0 Å². The summed E-state index contributed by atoms with van der Waals surface area (Å²) in [4.78, 5) is 13.4. The third kappa shape index (κ3) is 2.70. The third-order valence-corrected chi connectivity index (χ3v) is 3.66. The van der Waals surface area contributed by atoms with Gasteiger partial charge in [-0.3, -0.25) is 4.79 Å². The monoisotopic (exact) mass is 271 g/mol. The molecule has 1 aliphatic rings. The van der Waals surface area contributed by atoms with Crippen LogP contribution in [0.4, 0.5) is 5.69 Å². The number of rotatable bonds is 4. The lowest BCUT2D eigenvalue weighted by Crippen LogP contribution is -2.48. The van der Waals surface area contributed by atoms with Crippen LogP contribution in [0.25, 0.3) is 5.69 Å². The number of carbonyl (C=O) groups excluding carboxylic acids is 1. The van der Waals surface area contributed by atoms with Gasteiger partial charge >= 0.3 is 0 Å². The fourth-order valence-corrected chi connectivity index (χ4v) is 2.36. The van der Waals surface area contributed by atoms with Crippen molar-refractivity contribution in [1.29, 1.82) is 0 Å². The van der Waals surface area contributed by atoms with Crippen LogP contribution in [0.5, 0.6) is 0 Å². The fourth-order valence-electron chi connectivity index (χ4n) is 2.36. The van der Waals surface area contributed by atoms with Crippen LogP contribution in [0.15, 0.2) is 36.7 Å². The van der Waals surface area contributed by atoms with Crippen LogP contribution in [0.3, 0.4) is 0 Å². The minimum atomic E-state index is -0.289. The lowest BCUT2D eigenvalue weighted by Gasteiger charge is -2.37. The van der Waals surface area contributed by atoms with E-state index in [1.165, 1.54) is 4.80 Å². The number of hydrogen-bond donors (Lipinski definition) is 2. The molecular formula is C14H17N5O.